The highest BCUT2D eigenvalue weighted by molar-refractivity contribution is 7.85. The normalized spacial score (nSPS) is 19.7. The maximum atomic E-state index is 10.5. The van der Waals surface area contributed by atoms with E-state index >= 15 is 0 Å². The summed E-state index contributed by atoms with van der Waals surface area (Å²) < 4.78 is 35.7. The fourth-order valence-corrected chi connectivity index (χ4v) is 4.77. The van der Waals surface area contributed by atoms with Crippen LogP contribution in [0.1, 0.15) is 28.5 Å². The van der Waals surface area contributed by atoms with Crippen LogP contribution in [-0.2, 0) is 10.1 Å². The molecular formula is C24H26N2O4S. The first-order valence-corrected chi connectivity index (χ1v) is 11.6. The number of benzene rings is 3. The van der Waals surface area contributed by atoms with E-state index in [1.807, 2.05) is 25.1 Å². The number of hydrogen-bond acceptors (Lipinski definition) is 5. The molecule has 3 aromatic carbocycles. The summed E-state index contributed by atoms with van der Waals surface area (Å²) in [4.78, 5) is 2.33. The average molecular weight is 439 g/mol. The van der Waals surface area contributed by atoms with Crippen LogP contribution in [0.4, 0.5) is 5.69 Å². The quantitative estimate of drug-likeness (QED) is 0.431. The Morgan fingerprint density at radius 3 is 2.23 bits per heavy atom. The number of aryl methyl sites for hydroxylation is 1. The zero-order valence-corrected chi connectivity index (χ0v) is 18.3. The van der Waals surface area contributed by atoms with E-state index in [1.165, 1.54) is 23.3 Å². The summed E-state index contributed by atoms with van der Waals surface area (Å²) in [6.45, 7) is 3.96. The molecule has 0 saturated carbocycles. The van der Waals surface area contributed by atoms with E-state index in [0.29, 0.717) is 11.8 Å². The van der Waals surface area contributed by atoms with Crippen LogP contribution in [-0.4, -0.2) is 38.0 Å². The van der Waals surface area contributed by atoms with Gasteiger partial charge in [-0.3, -0.25) is 4.55 Å². The standard InChI is InChI=1S/C17H18N2O.C7H8O3S/c1-19-9-14-12-4-2-3-5-16(12)20-17-7-6-11(18)8-13(17)15(14)10-19;1-6-2-4-7(5-3-6)11(8,9)10/h2-8,14-15H,9-10,18H2,1H3;2-5H,1H3,(H,8,9,10)/t14-,15-;/m1./s1. The molecule has 3 N–H and O–H groups in total. The summed E-state index contributed by atoms with van der Waals surface area (Å²) in [5.74, 6) is 2.89. The Bertz CT molecular complexity index is 1190. The molecule has 0 bridgehead atoms. The van der Waals surface area contributed by atoms with Gasteiger partial charge < -0.3 is 15.4 Å². The van der Waals surface area contributed by atoms with Crippen LogP contribution in [0.15, 0.2) is 71.6 Å². The van der Waals surface area contributed by atoms with Gasteiger partial charge in [0.05, 0.1) is 4.90 Å². The molecule has 2 heterocycles. The predicted octanol–water partition coefficient (Wildman–Crippen LogP) is 4.43. The SMILES string of the molecule is CN1C[C@@H]2c3ccccc3Oc3ccc(N)cc3[C@H]2C1.Cc1ccc(S(=O)(=O)O)cc1. The number of nitrogens with two attached hydrogens (primary N) is 1. The zero-order valence-electron chi connectivity index (χ0n) is 17.5. The van der Waals surface area contributed by atoms with Gasteiger partial charge in [-0.15, -0.1) is 0 Å². The minimum atomic E-state index is -4.02. The Hall–Kier alpha value is -2.87. The number of hydrogen-bond donors (Lipinski definition) is 2. The number of nitrogen functional groups attached to an aromatic ring is 1. The summed E-state index contributed by atoms with van der Waals surface area (Å²) >= 11 is 0. The summed E-state index contributed by atoms with van der Waals surface area (Å²) in [5.41, 5.74) is 10.3. The molecule has 0 spiro atoms. The Kier molecular flexibility index (Phi) is 5.75. The van der Waals surface area contributed by atoms with E-state index in [9.17, 15) is 8.42 Å². The lowest BCUT2D eigenvalue weighted by molar-refractivity contribution is 0.401. The summed E-state index contributed by atoms with van der Waals surface area (Å²) in [5, 5.41) is 0. The molecule has 0 radical (unpaired) electrons. The van der Waals surface area contributed by atoms with Crippen molar-refractivity contribution in [2.45, 2.75) is 23.7 Å². The van der Waals surface area contributed by atoms with Crippen LogP contribution in [0.2, 0.25) is 0 Å². The van der Waals surface area contributed by atoms with E-state index in [2.05, 4.69) is 36.2 Å². The molecule has 2 atom stereocenters. The Morgan fingerprint density at radius 1 is 0.935 bits per heavy atom. The molecule has 1 saturated heterocycles. The molecule has 5 rings (SSSR count). The first kappa shape index (κ1) is 21.4. The summed E-state index contributed by atoms with van der Waals surface area (Å²) in [6, 6.07) is 20.4. The fraction of sp³-hybridized carbons (Fsp3) is 0.250. The molecular weight excluding hydrogens is 412 g/mol. The Balaban J connectivity index is 0.000000180. The third-order valence-corrected chi connectivity index (χ3v) is 6.66. The van der Waals surface area contributed by atoms with Crippen molar-refractivity contribution in [3.63, 3.8) is 0 Å². The van der Waals surface area contributed by atoms with Gasteiger partial charge in [-0.25, -0.2) is 0 Å². The lowest BCUT2D eigenvalue weighted by atomic mass is 9.84. The van der Waals surface area contributed by atoms with Crippen molar-refractivity contribution in [2.24, 2.45) is 0 Å². The largest absolute Gasteiger partial charge is 0.457 e. The Labute approximate surface area is 183 Å². The smallest absolute Gasteiger partial charge is 0.294 e. The molecule has 0 aliphatic carbocycles. The van der Waals surface area contributed by atoms with Gasteiger partial charge in [-0.2, -0.15) is 8.42 Å². The molecule has 0 amide bonds. The highest BCUT2D eigenvalue weighted by atomic mass is 32.2. The van der Waals surface area contributed by atoms with Crippen molar-refractivity contribution in [1.82, 2.24) is 4.90 Å². The van der Waals surface area contributed by atoms with Crippen molar-refractivity contribution in [3.05, 3.63) is 83.4 Å². The highest BCUT2D eigenvalue weighted by Gasteiger charge is 2.38. The number of nitrogens with zero attached hydrogens (tertiary/aromatic N) is 1. The van der Waals surface area contributed by atoms with E-state index in [-0.39, 0.29) is 4.90 Å². The molecule has 162 valence electrons. The number of likely N-dealkylation sites (N-methyl/N-ethyl adjacent to an activating group) is 1. The topological polar surface area (TPSA) is 92.9 Å². The predicted molar refractivity (Wildman–Crippen MR) is 121 cm³/mol. The fourth-order valence-electron chi connectivity index (χ4n) is 4.29. The van der Waals surface area contributed by atoms with Crippen molar-refractivity contribution in [3.8, 4) is 11.5 Å². The Morgan fingerprint density at radius 2 is 1.55 bits per heavy atom. The number of ether oxygens (including phenoxy) is 1. The monoisotopic (exact) mass is 438 g/mol. The minimum Gasteiger partial charge on any atom is -0.457 e. The van der Waals surface area contributed by atoms with Gasteiger partial charge in [0.1, 0.15) is 11.5 Å². The summed E-state index contributed by atoms with van der Waals surface area (Å²) in [6.07, 6.45) is 0. The van der Waals surface area contributed by atoms with E-state index < -0.39 is 10.1 Å². The maximum Gasteiger partial charge on any atom is 0.294 e. The molecule has 3 aromatic rings. The number of para-hydroxylation sites is 1. The van der Waals surface area contributed by atoms with Gasteiger partial charge >= 0.3 is 0 Å². The molecule has 1 fully saturated rings. The third-order valence-electron chi connectivity index (χ3n) is 5.79. The zero-order chi connectivity index (χ0) is 22.2. The van der Waals surface area contributed by atoms with Gasteiger partial charge in [-0.05, 0) is 55.9 Å². The lowest BCUT2D eigenvalue weighted by Crippen LogP contribution is -2.14. The first-order valence-electron chi connectivity index (χ1n) is 10.1. The van der Waals surface area contributed by atoms with Crippen LogP contribution in [0.25, 0.3) is 0 Å². The molecule has 0 aromatic heterocycles. The van der Waals surface area contributed by atoms with Gasteiger partial charge in [0.2, 0.25) is 0 Å². The van der Waals surface area contributed by atoms with Crippen molar-refractivity contribution in [1.29, 1.82) is 0 Å². The van der Waals surface area contributed by atoms with Crippen LogP contribution in [0.3, 0.4) is 0 Å². The first-order chi connectivity index (χ1) is 14.7. The van der Waals surface area contributed by atoms with Crippen molar-refractivity contribution in [2.75, 3.05) is 25.9 Å². The summed E-state index contributed by atoms with van der Waals surface area (Å²) in [7, 11) is -1.84. The molecule has 0 unspecified atom stereocenters. The van der Waals surface area contributed by atoms with Crippen LogP contribution >= 0.6 is 0 Å². The van der Waals surface area contributed by atoms with Crippen molar-refractivity contribution >= 4 is 15.8 Å². The second kappa shape index (κ2) is 8.34. The molecule has 31 heavy (non-hydrogen) atoms. The van der Waals surface area contributed by atoms with Crippen LogP contribution in [0.5, 0.6) is 11.5 Å². The number of rotatable bonds is 1. The molecule has 2 aliphatic heterocycles. The van der Waals surface area contributed by atoms with Gasteiger partial charge in [0.25, 0.3) is 10.1 Å². The molecule has 6 nitrogen and oxygen atoms in total. The van der Waals surface area contributed by atoms with E-state index in [0.717, 1.165) is 35.8 Å². The average Bonchev–Trinajstić information content (AvgIpc) is 3.06. The second-order valence-corrected chi connectivity index (χ2v) is 9.58. The number of anilines is 1. The van der Waals surface area contributed by atoms with Gasteiger partial charge in [-0.1, -0.05) is 35.9 Å². The van der Waals surface area contributed by atoms with Crippen LogP contribution in [0, 0.1) is 6.92 Å². The second-order valence-electron chi connectivity index (χ2n) is 8.16. The third kappa shape index (κ3) is 4.58. The van der Waals surface area contributed by atoms with Crippen LogP contribution < -0.4 is 10.5 Å². The number of fused-ring (bicyclic) bond motifs is 5. The maximum absolute atomic E-state index is 10.5. The van der Waals surface area contributed by atoms with Gasteiger partial charge in [0.15, 0.2) is 0 Å². The van der Waals surface area contributed by atoms with E-state index in [4.69, 9.17) is 15.0 Å². The van der Waals surface area contributed by atoms with Gasteiger partial charge in [0, 0.05) is 36.2 Å². The molecule has 2 aliphatic rings. The highest BCUT2D eigenvalue weighted by Crippen LogP contribution is 2.49. The van der Waals surface area contributed by atoms with Crippen molar-refractivity contribution < 1.29 is 17.7 Å². The lowest BCUT2D eigenvalue weighted by Gasteiger charge is -2.17. The van der Waals surface area contributed by atoms with E-state index in [1.54, 1.807) is 12.1 Å². The number of likely N-dealkylation sites (tertiary alicyclic amines) is 1. The minimum absolute atomic E-state index is 0.0666. The molecule has 7 heteroatoms.